The molecule has 2 saturated heterocycles. The molecule has 2 heterocycles. The monoisotopic (exact) mass is 469 g/mol. The molecule has 0 radical (unpaired) electrons. The molecule has 1 unspecified atom stereocenters. The normalized spacial score (nSPS) is 25.0. The van der Waals surface area contributed by atoms with Crippen LogP contribution in [0.2, 0.25) is 0 Å². The molecule has 8 heteroatoms. The fraction of sp³-hybridized carbons (Fsp3) is 0.654. The molecule has 34 heavy (non-hydrogen) atoms. The van der Waals surface area contributed by atoms with E-state index in [2.05, 4.69) is 12.2 Å². The zero-order valence-electron chi connectivity index (χ0n) is 20.8. The van der Waals surface area contributed by atoms with Crippen molar-refractivity contribution in [3.05, 3.63) is 35.9 Å². The fourth-order valence-corrected chi connectivity index (χ4v) is 5.70. The van der Waals surface area contributed by atoms with Gasteiger partial charge in [0.25, 0.3) is 0 Å². The lowest BCUT2D eigenvalue weighted by molar-refractivity contribution is -0.195. The maximum absolute atomic E-state index is 13.7. The molecule has 1 N–H and O–H groups in total. The van der Waals surface area contributed by atoms with Gasteiger partial charge in [0.05, 0.1) is 13.1 Å². The van der Waals surface area contributed by atoms with Crippen molar-refractivity contribution >= 4 is 17.8 Å². The van der Waals surface area contributed by atoms with Crippen LogP contribution in [0.1, 0.15) is 64.9 Å². The Morgan fingerprint density at radius 2 is 1.82 bits per heavy atom. The number of carbonyl (C=O) groups excluding carboxylic acids is 3. The summed E-state index contributed by atoms with van der Waals surface area (Å²) in [6, 6.07) is 9.28. The van der Waals surface area contributed by atoms with Crippen molar-refractivity contribution in [2.24, 2.45) is 5.92 Å². The van der Waals surface area contributed by atoms with Crippen LogP contribution in [0.25, 0.3) is 0 Å². The Hall–Kier alpha value is -2.61. The molecule has 0 bridgehead atoms. The molecule has 0 aromatic heterocycles. The SMILES string of the molecule is CCCN1CC(=O)N2[C@@H](C(C)CC)C(=O)N(C3CCCC3)C[C@@H]2N1C(=O)NCc1ccccc1. The molecule has 3 aliphatic rings. The first kappa shape index (κ1) is 24.5. The number of amides is 4. The molecule has 8 nitrogen and oxygen atoms in total. The maximum Gasteiger partial charge on any atom is 0.334 e. The smallest absolute Gasteiger partial charge is 0.334 e. The summed E-state index contributed by atoms with van der Waals surface area (Å²) in [4.78, 5) is 44.5. The van der Waals surface area contributed by atoms with Crippen LogP contribution in [0.5, 0.6) is 0 Å². The van der Waals surface area contributed by atoms with Gasteiger partial charge in [-0.25, -0.2) is 14.8 Å². The lowest BCUT2D eigenvalue weighted by atomic mass is 9.91. The first-order valence-corrected chi connectivity index (χ1v) is 12.9. The summed E-state index contributed by atoms with van der Waals surface area (Å²) in [7, 11) is 0. The van der Waals surface area contributed by atoms with Crippen molar-refractivity contribution in [1.29, 1.82) is 0 Å². The third-order valence-electron chi connectivity index (χ3n) is 7.63. The number of nitrogens with one attached hydrogen (secondary N) is 1. The lowest BCUT2D eigenvalue weighted by Gasteiger charge is -2.57. The summed E-state index contributed by atoms with van der Waals surface area (Å²) in [6.07, 6.45) is 5.38. The summed E-state index contributed by atoms with van der Waals surface area (Å²) in [6.45, 7) is 7.67. The van der Waals surface area contributed by atoms with Crippen molar-refractivity contribution in [3.8, 4) is 0 Å². The second-order valence-corrected chi connectivity index (χ2v) is 9.92. The van der Waals surface area contributed by atoms with Crippen molar-refractivity contribution in [3.63, 3.8) is 0 Å². The van der Waals surface area contributed by atoms with Crippen molar-refractivity contribution in [2.45, 2.75) is 84.1 Å². The molecule has 3 atom stereocenters. The number of hydrazine groups is 1. The Kier molecular flexibility index (Phi) is 7.76. The van der Waals surface area contributed by atoms with Gasteiger partial charge in [-0.3, -0.25) is 9.59 Å². The number of piperazine rings is 1. The summed E-state index contributed by atoms with van der Waals surface area (Å²) in [5.41, 5.74) is 1.02. The number of benzene rings is 1. The van der Waals surface area contributed by atoms with Gasteiger partial charge in [0, 0.05) is 19.1 Å². The molecular formula is C26H39N5O3. The highest BCUT2D eigenvalue weighted by Crippen LogP contribution is 2.34. The third kappa shape index (κ3) is 4.78. The summed E-state index contributed by atoms with van der Waals surface area (Å²) in [5, 5.41) is 6.67. The van der Waals surface area contributed by atoms with Gasteiger partial charge in [-0.05, 0) is 30.7 Å². The molecule has 4 rings (SSSR count). The highest BCUT2D eigenvalue weighted by molar-refractivity contribution is 5.91. The average Bonchev–Trinajstić information content (AvgIpc) is 3.38. The molecule has 1 aromatic carbocycles. The average molecular weight is 470 g/mol. The molecule has 4 amide bonds. The second kappa shape index (κ2) is 10.8. The number of urea groups is 1. The quantitative estimate of drug-likeness (QED) is 0.665. The highest BCUT2D eigenvalue weighted by atomic mass is 16.2. The minimum Gasteiger partial charge on any atom is -0.334 e. The van der Waals surface area contributed by atoms with Gasteiger partial charge in [-0.15, -0.1) is 0 Å². The van der Waals surface area contributed by atoms with Crippen LogP contribution in [0.4, 0.5) is 4.79 Å². The number of hydrogen-bond donors (Lipinski definition) is 1. The summed E-state index contributed by atoms with van der Waals surface area (Å²) < 4.78 is 0. The Morgan fingerprint density at radius 1 is 1.12 bits per heavy atom. The molecule has 1 saturated carbocycles. The van der Waals surface area contributed by atoms with E-state index in [9.17, 15) is 14.4 Å². The first-order chi connectivity index (χ1) is 16.5. The zero-order valence-corrected chi connectivity index (χ0v) is 20.8. The number of rotatable bonds is 7. The minimum absolute atomic E-state index is 0.0232. The molecule has 1 aromatic rings. The van der Waals surface area contributed by atoms with E-state index in [0.29, 0.717) is 19.6 Å². The molecule has 3 fully saturated rings. The number of nitrogens with zero attached hydrogens (tertiary/aromatic N) is 4. The lowest BCUT2D eigenvalue weighted by Crippen LogP contribution is -2.77. The van der Waals surface area contributed by atoms with E-state index in [0.717, 1.165) is 44.1 Å². The largest absolute Gasteiger partial charge is 0.334 e. The van der Waals surface area contributed by atoms with Crippen LogP contribution in [0.3, 0.4) is 0 Å². The maximum atomic E-state index is 13.7. The molecule has 186 valence electrons. The topological polar surface area (TPSA) is 76.2 Å². The Bertz CT molecular complexity index is 872. The zero-order chi connectivity index (χ0) is 24.2. The van der Waals surface area contributed by atoms with Gasteiger partial charge in [0.15, 0.2) is 0 Å². The van der Waals surface area contributed by atoms with Crippen LogP contribution < -0.4 is 5.32 Å². The van der Waals surface area contributed by atoms with Crippen molar-refractivity contribution in [2.75, 3.05) is 19.6 Å². The van der Waals surface area contributed by atoms with E-state index in [4.69, 9.17) is 0 Å². The highest BCUT2D eigenvalue weighted by Gasteiger charge is 2.53. The second-order valence-electron chi connectivity index (χ2n) is 9.92. The van der Waals surface area contributed by atoms with Crippen molar-refractivity contribution in [1.82, 2.24) is 25.1 Å². The molecule has 0 spiro atoms. The third-order valence-corrected chi connectivity index (χ3v) is 7.63. The van der Waals surface area contributed by atoms with Crippen LogP contribution in [0.15, 0.2) is 30.3 Å². The van der Waals surface area contributed by atoms with E-state index in [1.165, 1.54) is 0 Å². The summed E-state index contributed by atoms with van der Waals surface area (Å²) >= 11 is 0. The van der Waals surface area contributed by atoms with E-state index in [-0.39, 0.29) is 36.3 Å². The minimum atomic E-state index is -0.523. The predicted molar refractivity (Wildman–Crippen MR) is 130 cm³/mol. The Balaban J connectivity index is 1.65. The van der Waals surface area contributed by atoms with Crippen LogP contribution in [-0.2, 0) is 16.1 Å². The van der Waals surface area contributed by atoms with Crippen LogP contribution in [-0.4, -0.2) is 75.5 Å². The van der Waals surface area contributed by atoms with Gasteiger partial charge < -0.3 is 15.1 Å². The first-order valence-electron chi connectivity index (χ1n) is 12.9. The molecular weight excluding hydrogens is 430 g/mol. The number of carbonyl (C=O) groups is 3. The van der Waals surface area contributed by atoms with E-state index >= 15 is 0 Å². The summed E-state index contributed by atoms with van der Waals surface area (Å²) in [5.74, 6) is 0.0184. The van der Waals surface area contributed by atoms with Crippen LogP contribution >= 0.6 is 0 Å². The van der Waals surface area contributed by atoms with Gasteiger partial charge >= 0.3 is 6.03 Å². The van der Waals surface area contributed by atoms with E-state index < -0.39 is 12.2 Å². The Morgan fingerprint density at radius 3 is 2.47 bits per heavy atom. The number of hydrogen-bond acceptors (Lipinski definition) is 4. The van der Waals surface area contributed by atoms with Crippen LogP contribution in [0, 0.1) is 5.92 Å². The predicted octanol–water partition coefficient (Wildman–Crippen LogP) is 3.19. The van der Waals surface area contributed by atoms with Gasteiger partial charge in [0.1, 0.15) is 12.2 Å². The van der Waals surface area contributed by atoms with E-state index in [1.807, 2.05) is 54.1 Å². The Labute approximate surface area is 203 Å². The van der Waals surface area contributed by atoms with Gasteiger partial charge in [0.2, 0.25) is 11.8 Å². The standard InChI is InChI=1S/C26H39N5O3/c1-4-15-28-18-23(32)30-22(31(28)26(34)27-16-20-11-7-6-8-12-20)17-29(21-13-9-10-14-21)25(33)24(30)19(3)5-2/h6-8,11-12,19,21-22,24H,4-5,9-10,13-18H2,1-3H3,(H,27,34)/t19?,22-,24-/m0/s1. The number of fused-ring (bicyclic) bond motifs is 1. The van der Waals surface area contributed by atoms with Crippen molar-refractivity contribution < 1.29 is 14.4 Å². The van der Waals surface area contributed by atoms with Gasteiger partial charge in [-0.1, -0.05) is 70.4 Å². The molecule has 2 aliphatic heterocycles. The van der Waals surface area contributed by atoms with E-state index in [1.54, 1.807) is 9.91 Å². The molecule has 1 aliphatic carbocycles. The van der Waals surface area contributed by atoms with Gasteiger partial charge in [-0.2, -0.15) is 0 Å². The fourth-order valence-electron chi connectivity index (χ4n) is 5.70.